The highest BCUT2D eigenvalue weighted by atomic mass is 19.1. The van der Waals surface area contributed by atoms with E-state index in [0.717, 1.165) is 81.8 Å². The number of hydrogen-bond acceptors (Lipinski definition) is 18. The zero-order valence-electron chi connectivity index (χ0n) is 46.1. The summed E-state index contributed by atoms with van der Waals surface area (Å²) in [5.41, 5.74) is 8.79. The molecule has 4 aliphatic heterocycles. The smallest absolute Gasteiger partial charge is 0.226 e. The van der Waals surface area contributed by atoms with Crippen LogP contribution >= 0.6 is 0 Å². The van der Waals surface area contributed by atoms with E-state index < -0.39 is 11.6 Å². The molecule has 12 rings (SSSR count). The number of aliphatic imine (C=N–C) groups is 2. The van der Waals surface area contributed by atoms with Gasteiger partial charge in [0.2, 0.25) is 11.9 Å². The van der Waals surface area contributed by atoms with Crippen LogP contribution in [-0.4, -0.2) is 143 Å². The van der Waals surface area contributed by atoms with Crippen molar-refractivity contribution >= 4 is 56.9 Å². The van der Waals surface area contributed by atoms with Gasteiger partial charge in [0, 0.05) is 103 Å². The quantitative estimate of drug-likeness (QED) is 0.0928. The Morgan fingerprint density at radius 2 is 1.09 bits per heavy atom. The van der Waals surface area contributed by atoms with Gasteiger partial charge < -0.3 is 48.9 Å². The second-order valence-electron chi connectivity index (χ2n) is 20.1. The molecule has 0 unspecified atom stereocenters. The van der Waals surface area contributed by atoms with Crippen LogP contribution in [0, 0.1) is 11.6 Å². The minimum Gasteiger partial charge on any atom is -0.497 e. The Bertz CT molecular complexity index is 3780. The number of likely N-dealkylation sites (tertiary alicyclic amines) is 2. The Hall–Kier alpha value is -8.82. The summed E-state index contributed by atoms with van der Waals surface area (Å²) in [5.74, 6) is 4.74. The molecule has 22 heteroatoms. The van der Waals surface area contributed by atoms with Gasteiger partial charge in [-0.1, -0.05) is 0 Å². The number of ether oxygens (including phenoxy) is 6. The average Bonchev–Trinajstić information content (AvgIpc) is 4.37. The number of aromatic nitrogens is 8. The number of hydrogen-bond donors (Lipinski definition) is 2. The van der Waals surface area contributed by atoms with Gasteiger partial charge in [-0.25, -0.2) is 28.7 Å². The number of benzene rings is 4. The first-order valence-electron chi connectivity index (χ1n) is 26.7. The minimum atomic E-state index is -0.473. The molecule has 0 radical (unpaired) electrons. The largest absolute Gasteiger partial charge is 0.497 e. The van der Waals surface area contributed by atoms with Crippen LogP contribution in [0.5, 0.6) is 34.5 Å². The van der Waals surface area contributed by atoms with Crippen LogP contribution in [-0.2, 0) is 13.1 Å². The van der Waals surface area contributed by atoms with E-state index in [0.29, 0.717) is 92.7 Å². The molecule has 0 aliphatic carbocycles. The van der Waals surface area contributed by atoms with E-state index in [4.69, 9.17) is 58.6 Å². The lowest BCUT2D eigenvalue weighted by Crippen LogP contribution is -2.35. The summed E-state index contributed by atoms with van der Waals surface area (Å²) in [5, 5.41) is 17.8. The molecule has 80 heavy (non-hydrogen) atoms. The lowest BCUT2D eigenvalue weighted by Gasteiger charge is -2.34. The lowest BCUT2D eigenvalue weighted by molar-refractivity contribution is 0.264. The molecule has 0 amide bonds. The molecule has 4 aliphatic rings. The van der Waals surface area contributed by atoms with E-state index >= 15 is 0 Å². The lowest BCUT2D eigenvalue weighted by atomic mass is 9.96. The maximum absolute atomic E-state index is 14.8. The summed E-state index contributed by atoms with van der Waals surface area (Å²) in [6.45, 7) is 10.1. The highest BCUT2D eigenvalue weighted by molar-refractivity contribution is 5.99. The van der Waals surface area contributed by atoms with Gasteiger partial charge in [-0.2, -0.15) is 9.03 Å². The van der Waals surface area contributed by atoms with Gasteiger partial charge in [-0.3, -0.25) is 9.98 Å². The van der Waals surface area contributed by atoms with E-state index in [9.17, 15) is 8.78 Å². The fourth-order valence-corrected chi connectivity index (χ4v) is 11.0. The summed E-state index contributed by atoms with van der Waals surface area (Å²) < 4.78 is 65.2. The normalized spacial score (nSPS) is 17.2. The van der Waals surface area contributed by atoms with Crippen LogP contribution in [0.25, 0.3) is 33.1 Å². The first-order chi connectivity index (χ1) is 39.0. The van der Waals surface area contributed by atoms with Gasteiger partial charge >= 0.3 is 0 Å². The number of nitrogens with zero attached hydrogens (tertiary/aromatic N) is 12. The Labute approximate surface area is 461 Å². The van der Waals surface area contributed by atoms with E-state index in [2.05, 4.69) is 50.3 Å². The minimum absolute atomic E-state index is 0.121. The van der Waals surface area contributed by atoms with Crippen LogP contribution in [0.15, 0.2) is 93.7 Å². The maximum atomic E-state index is 14.8. The van der Waals surface area contributed by atoms with Crippen LogP contribution < -0.4 is 39.1 Å². The zero-order chi connectivity index (χ0) is 55.6. The molecule has 2 atom stereocenters. The molecule has 20 nitrogen and oxygen atoms in total. The Balaban J connectivity index is 0.000000169. The number of rotatable bonds is 16. The summed E-state index contributed by atoms with van der Waals surface area (Å²) in [6.07, 6.45) is 8.14. The van der Waals surface area contributed by atoms with Gasteiger partial charge in [-0.05, 0) is 87.6 Å². The zero-order valence-corrected chi connectivity index (χ0v) is 46.1. The van der Waals surface area contributed by atoms with Crippen molar-refractivity contribution in [3.05, 3.63) is 118 Å². The van der Waals surface area contributed by atoms with Crippen LogP contribution in [0.4, 0.5) is 20.7 Å². The number of piperidine rings is 2. The van der Waals surface area contributed by atoms with E-state index in [1.807, 2.05) is 42.6 Å². The second kappa shape index (κ2) is 22.9. The average molecular weight is 1090 g/mol. The van der Waals surface area contributed by atoms with Crippen molar-refractivity contribution in [1.82, 2.24) is 49.0 Å². The van der Waals surface area contributed by atoms with Crippen LogP contribution in [0.3, 0.4) is 0 Å². The van der Waals surface area contributed by atoms with Gasteiger partial charge in [-0.15, -0.1) is 10.2 Å². The summed E-state index contributed by atoms with van der Waals surface area (Å²) in [4.78, 5) is 33.2. The SMILES string of the molecule is COc1ccc(CNc2nc3cc(OC)c(F)cc3c3nc([C@@H]4CCCN(C5=C(C)CN=C5)C4)nn23)c(OC)c1.COc1ccc(CNc2nc3cc(OC)c(F)cc3c3nc([C@@H]4CCCN(C5=CCN=C5C)C4)nn23)c(OC)c1. The molecule has 0 spiro atoms. The molecule has 0 saturated carbocycles. The number of fused-ring (bicyclic) bond motifs is 6. The Morgan fingerprint density at radius 3 is 1.54 bits per heavy atom. The van der Waals surface area contributed by atoms with Crippen molar-refractivity contribution in [3.63, 3.8) is 0 Å². The third kappa shape index (κ3) is 10.5. The molecule has 2 saturated heterocycles. The number of allylic oxidation sites excluding steroid dienone is 2. The maximum Gasteiger partial charge on any atom is 0.226 e. The van der Waals surface area contributed by atoms with Crippen molar-refractivity contribution in [3.8, 4) is 34.5 Å². The summed E-state index contributed by atoms with van der Waals surface area (Å²) >= 11 is 0. The number of halogens is 2. The van der Waals surface area contributed by atoms with Crippen LogP contribution in [0.1, 0.15) is 74.1 Å². The molecule has 4 aromatic heterocycles. The van der Waals surface area contributed by atoms with Crippen molar-refractivity contribution in [1.29, 1.82) is 0 Å². The van der Waals surface area contributed by atoms with Crippen molar-refractivity contribution in [2.24, 2.45) is 9.98 Å². The Kier molecular flexibility index (Phi) is 15.2. The number of methoxy groups -OCH3 is 6. The predicted molar refractivity (Wildman–Crippen MR) is 303 cm³/mol. The molecule has 416 valence electrons. The standard InChI is InChI=1S/2C29H32FN7O3/c1-17-24(9-10-31-17)36-11-5-6-19(16-36)27-34-28-21-13-22(30)26(40-4)14-23(21)33-29(37(28)35-27)32-15-18-7-8-20(38-2)12-25(18)39-3;1-17-13-31-15-24(17)36-9-5-6-19(16-36)27-34-28-21-11-22(30)26(40-4)12-23(21)33-29(37(28)35-27)32-14-18-7-8-20(38-2)10-25(18)39-3/h7-9,12-14,19H,5-6,10-11,15-16H2,1-4H3,(H,32,33);7-8,10-12,15,19H,5-6,9,13-14,16H2,1-4H3,(H,32,33)/t2*19-/m11/s1. The first kappa shape index (κ1) is 53.2. The van der Waals surface area contributed by atoms with Gasteiger partial charge in [0.25, 0.3) is 0 Å². The molecule has 8 heterocycles. The Morgan fingerprint density at radius 1 is 0.588 bits per heavy atom. The molecule has 4 aromatic carbocycles. The molecule has 2 fully saturated rings. The molecular weight excluding hydrogens is 1030 g/mol. The molecular formula is C58H64F2N14O6. The topological polar surface area (TPSA) is 197 Å². The fourth-order valence-electron chi connectivity index (χ4n) is 11.0. The second-order valence-corrected chi connectivity index (χ2v) is 20.1. The highest BCUT2D eigenvalue weighted by Crippen LogP contribution is 2.36. The highest BCUT2D eigenvalue weighted by Gasteiger charge is 2.31. The van der Waals surface area contributed by atoms with Gasteiger partial charge in [0.1, 0.15) is 23.0 Å². The fraction of sp³-hybridized carbons (Fsp3) is 0.379. The number of anilines is 2. The summed E-state index contributed by atoms with van der Waals surface area (Å²) in [7, 11) is 9.36. The molecule has 2 N–H and O–H groups in total. The first-order valence-corrected chi connectivity index (χ1v) is 26.7. The third-order valence-electron chi connectivity index (χ3n) is 15.2. The van der Waals surface area contributed by atoms with Gasteiger partial charge in [0.15, 0.2) is 46.1 Å². The number of nitrogens with one attached hydrogen (secondary N) is 2. The van der Waals surface area contributed by atoms with Gasteiger partial charge in [0.05, 0.1) is 83.9 Å². The molecule has 0 bridgehead atoms. The predicted octanol–water partition coefficient (Wildman–Crippen LogP) is 9.18. The van der Waals surface area contributed by atoms with Crippen LogP contribution in [0.2, 0.25) is 0 Å². The monoisotopic (exact) mass is 1090 g/mol. The van der Waals surface area contributed by atoms with E-state index in [-0.39, 0.29) is 23.3 Å². The van der Waals surface area contributed by atoms with E-state index in [1.54, 1.807) is 49.6 Å². The third-order valence-corrected chi connectivity index (χ3v) is 15.2. The molecule has 8 aromatic rings. The van der Waals surface area contributed by atoms with Crippen molar-refractivity contribution < 1.29 is 37.2 Å². The summed E-state index contributed by atoms with van der Waals surface area (Å²) in [6, 6.07) is 17.3. The van der Waals surface area contributed by atoms with Crippen molar-refractivity contribution in [2.45, 2.75) is 64.5 Å². The van der Waals surface area contributed by atoms with E-state index in [1.165, 1.54) is 43.3 Å². The van der Waals surface area contributed by atoms with Crippen molar-refractivity contribution in [2.75, 3.05) is 92.6 Å².